The molecule has 0 aromatic carbocycles. The van der Waals surface area contributed by atoms with E-state index < -0.39 is 6.09 Å². The molecule has 0 spiro atoms. The average molecular weight is 536 g/mol. The zero-order valence-corrected chi connectivity index (χ0v) is 21.9. The minimum atomic E-state index is -0.491. The van der Waals surface area contributed by atoms with E-state index in [1.807, 2.05) is 6.07 Å². The van der Waals surface area contributed by atoms with E-state index in [4.69, 9.17) is 4.74 Å². The SMILES string of the molecule is CN(C(=O)O[C@@H]1CCC[C@H](NCCN2C(=O)CCc3ncc(C#N)cc32)C1)c1ccc2c(n1)NC(=O)CS2. The van der Waals surface area contributed by atoms with Crippen LogP contribution in [0.3, 0.4) is 0 Å². The number of fused-ring (bicyclic) bond motifs is 2. The molecule has 11 nitrogen and oxygen atoms in total. The Morgan fingerprint density at radius 1 is 1.34 bits per heavy atom. The van der Waals surface area contributed by atoms with Gasteiger partial charge in [-0.25, -0.2) is 9.78 Å². The number of carbonyl (C=O) groups excluding carboxylic acids is 3. The molecule has 0 unspecified atom stereocenters. The zero-order chi connectivity index (χ0) is 26.6. The van der Waals surface area contributed by atoms with Crippen LogP contribution in [-0.2, 0) is 20.7 Å². The molecule has 12 heteroatoms. The van der Waals surface area contributed by atoms with Gasteiger partial charge in [-0.15, -0.1) is 11.8 Å². The number of pyridine rings is 2. The lowest BCUT2D eigenvalue weighted by molar-refractivity contribution is -0.119. The summed E-state index contributed by atoms with van der Waals surface area (Å²) in [6.45, 7) is 1.06. The van der Waals surface area contributed by atoms with E-state index in [0.717, 1.165) is 35.5 Å². The Hall–Kier alpha value is -3.69. The molecular formula is C26H29N7O4S. The standard InChI is InChI=1S/C26H29N7O4S/c1-32(22-7-6-21-25(30-22)31-23(34)15-38-21)26(36)37-18-4-2-3-17(12-18)28-9-10-33-20-11-16(13-27)14-29-19(20)5-8-24(33)35/h6-7,11,14,17-18,28H,2-5,8-10,12,15H2,1H3,(H,30,31,34)/t17-,18+/m0/s1. The Kier molecular flexibility index (Phi) is 7.76. The fraction of sp³-hybridized carbons (Fsp3) is 0.462. The van der Waals surface area contributed by atoms with Crippen LogP contribution in [0.2, 0.25) is 0 Å². The van der Waals surface area contributed by atoms with Gasteiger partial charge in [-0.05, 0) is 43.9 Å². The molecule has 198 valence electrons. The predicted molar refractivity (Wildman–Crippen MR) is 142 cm³/mol. The van der Waals surface area contributed by atoms with Gasteiger partial charge in [-0.1, -0.05) is 0 Å². The molecule has 2 aliphatic heterocycles. The summed E-state index contributed by atoms with van der Waals surface area (Å²) < 4.78 is 5.80. The highest BCUT2D eigenvalue weighted by Crippen LogP contribution is 2.32. The number of thioether (sulfide) groups is 1. The number of hydrogen-bond donors (Lipinski definition) is 2. The molecule has 1 aliphatic carbocycles. The van der Waals surface area contributed by atoms with Crippen LogP contribution in [-0.4, -0.2) is 65.9 Å². The van der Waals surface area contributed by atoms with Crippen molar-refractivity contribution in [2.75, 3.05) is 41.0 Å². The molecule has 0 radical (unpaired) electrons. The van der Waals surface area contributed by atoms with E-state index in [-0.39, 0.29) is 24.0 Å². The Morgan fingerprint density at radius 2 is 2.21 bits per heavy atom. The first kappa shape index (κ1) is 25.9. The molecule has 2 aromatic heterocycles. The van der Waals surface area contributed by atoms with Crippen LogP contribution in [0.25, 0.3) is 0 Å². The maximum atomic E-state index is 12.9. The molecule has 0 bridgehead atoms. The molecule has 2 aromatic rings. The number of rotatable bonds is 6. The average Bonchev–Trinajstić information content (AvgIpc) is 2.93. The fourth-order valence-electron chi connectivity index (χ4n) is 4.98. The van der Waals surface area contributed by atoms with E-state index in [2.05, 4.69) is 26.7 Å². The summed E-state index contributed by atoms with van der Waals surface area (Å²) in [6.07, 6.45) is 5.15. The maximum absolute atomic E-state index is 12.9. The molecule has 2 atom stereocenters. The number of aryl methyl sites for hydroxylation is 1. The first-order valence-electron chi connectivity index (χ1n) is 12.7. The van der Waals surface area contributed by atoms with Crippen LogP contribution >= 0.6 is 11.8 Å². The van der Waals surface area contributed by atoms with Crippen LogP contribution < -0.4 is 20.4 Å². The van der Waals surface area contributed by atoms with Crippen LogP contribution in [0.1, 0.15) is 43.4 Å². The minimum absolute atomic E-state index is 0.0311. The molecular weight excluding hydrogens is 506 g/mol. The van der Waals surface area contributed by atoms with Crippen LogP contribution in [0.5, 0.6) is 0 Å². The smallest absolute Gasteiger partial charge is 0.415 e. The van der Waals surface area contributed by atoms with Gasteiger partial charge < -0.3 is 20.3 Å². The third-order valence-electron chi connectivity index (χ3n) is 6.98. The van der Waals surface area contributed by atoms with Crippen molar-refractivity contribution in [3.63, 3.8) is 0 Å². The van der Waals surface area contributed by atoms with Crippen LogP contribution in [0.4, 0.5) is 22.1 Å². The molecule has 1 saturated carbocycles. The van der Waals surface area contributed by atoms with Gasteiger partial charge in [0, 0.05) is 45.2 Å². The van der Waals surface area contributed by atoms with E-state index in [1.165, 1.54) is 16.7 Å². The quantitative estimate of drug-likeness (QED) is 0.571. The second kappa shape index (κ2) is 11.4. The lowest BCUT2D eigenvalue weighted by atomic mass is 9.93. The monoisotopic (exact) mass is 535 g/mol. The highest BCUT2D eigenvalue weighted by atomic mass is 32.2. The number of anilines is 3. The lowest BCUT2D eigenvalue weighted by Crippen LogP contribution is -2.44. The van der Waals surface area contributed by atoms with Crippen molar-refractivity contribution < 1.29 is 19.1 Å². The summed E-state index contributed by atoms with van der Waals surface area (Å²) in [5.41, 5.74) is 1.99. The van der Waals surface area contributed by atoms with Gasteiger partial charge in [-0.3, -0.25) is 19.5 Å². The third kappa shape index (κ3) is 5.74. The van der Waals surface area contributed by atoms with Gasteiger partial charge >= 0.3 is 6.09 Å². The van der Waals surface area contributed by atoms with Crippen molar-refractivity contribution in [1.82, 2.24) is 15.3 Å². The van der Waals surface area contributed by atoms with Crippen molar-refractivity contribution >= 4 is 47.0 Å². The van der Waals surface area contributed by atoms with E-state index in [9.17, 15) is 19.6 Å². The maximum Gasteiger partial charge on any atom is 0.415 e. The number of hydrogen-bond acceptors (Lipinski definition) is 9. The number of nitriles is 1. The van der Waals surface area contributed by atoms with Gasteiger partial charge in [0.2, 0.25) is 11.8 Å². The summed E-state index contributed by atoms with van der Waals surface area (Å²) >= 11 is 1.41. The number of carbonyl (C=O) groups is 3. The molecule has 38 heavy (non-hydrogen) atoms. The Morgan fingerprint density at radius 3 is 3.05 bits per heavy atom. The second-order valence-corrected chi connectivity index (χ2v) is 10.6. The normalized spacial score (nSPS) is 20.6. The van der Waals surface area contributed by atoms with Gasteiger partial charge in [0.25, 0.3) is 0 Å². The highest BCUT2D eigenvalue weighted by Gasteiger charge is 2.29. The van der Waals surface area contributed by atoms with E-state index >= 15 is 0 Å². The molecule has 2 N–H and O–H groups in total. The minimum Gasteiger partial charge on any atom is -0.446 e. The summed E-state index contributed by atoms with van der Waals surface area (Å²) in [4.78, 5) is 49.8. The molecule has 4 heterocycles. The van der Waals surface area contributed by atoms with E-state index in [1.54, 1.807) is 30.3 Å². The molecule has 0 saturated heterocycles. The molecule has 1 fully saturated rings. The summed E-state index contributed by atoms with van der Waals surface area (Å²) in [6, 6.07) is 7.56. The topological polar surface area (TPSA) is 141 Å². The van der Waals surface area contributed by atoms with E-state index in [0.29, 0.717) is 55.3 Å². The first-order valence-corrected chi connectivity index (χ1v) is 13.7. The number of amides is 3. The fourth-order valence-corrected chi connectivity index (χ4v) is 5.74. The highest BCUT2D eigenvalue weighted by molar-refractivity contribution is 8.00. The van der Waals surface area contributed by atoms with Gasteiger partial charge in [0.05, 0.1) is 27.6 Å². The van der Waals surface area contributed by atoms with Crippen molar-refractivity contribution in [2.24, 2.45) is 0 Å². The third-order valence-corrected chi connectivity index (χ3v) is 8.03. The van der Waals surface area contributed by atoms with Gasteiger partial charge in [-0.2, -0.15) is 5.26 Å². The van der Waals surface area contributed by atoms with Crippen molar-refractivity contribution in [2.45, 2.75) is 55.6 Å². The van der Waals surface area contributed by atoms with Crippen molar-refractivity contribution in [3.8, 4) is 6.07 Å². The summed E-state index contributed by atoms with van der Waals surface area (Å²) in [5, 5.41) is 15.5. The number of ether oxygens (including phenoxy) is 1. The largest absolute Gasteiger partial charge is 0.446 e. The Bertz CT molecular complexity index is 1300. The number of aromatic nitrogens is 2. The molecule has 3 aliphatic rings. The molecule has 3 amide bonds. The predicted octanol–water partition coefficient (Wildman–Crippen LogP) is 2.85. The second-order valence-electron chi connectivity index (χ2n) is 9.58. The zero-order valence-electron chi connectivity index (χ0n) is 21.1. The van der Waals surface area contributed by atoms with Gasteiger partial charge in [0.1, 0.15) is 23.8 Å². The molecule has 5 rings (SSSR count). The number of nitrogens with zero attached hydrogens (tertiary/aromatic N) is 5. The van der Waals surface area contributed by atoms with Crippen molar-refractivity contribution in [3.05, 3.63) is 35.7 Å². The lowest BCUT2D eigenvalue weighted by Gasteiger charge is -2.32. The van der Waals surface area contributed by atoms with Crippen LogP contribution in [0, 0.1) is 11.3 Å². The summed E-state index contributed by atoms with van der Waals surface area (Å²) in [7, 11) is 1.60. The van der Waals surface area contributed by atoms with Gasteiger partial charge in [0.15, 0.2) is 0 Å². The Labute approximate surface area is 224 Å². The number of nitrogens with one attached hydrogen (secondary N) is 2. The Balaban J connectivity index is 1.13. The summed E-state index contributed by atoms with van der Waals surface area (Å²) in [5.74, 6) is 1.13. The van der Waals surface area contributed by atoms with Crippen molar-refractivity contribution in [1.29, 1.82) is 5.26 Å². The van der Waals surface area contributed by atoms with Crippen LogP contribution in [0.15, 0.2) is 29.3 Å². The first-order chi connectivity index (χ1) is 18.4.